The number of nitrogens with one attached hydrogen (secondary N) is 2. The maximum atomic E-state index is 13.7. The van der Waals surface area contributed by atoms with Crippen LogP contribution < -0.4 is 10.9 Å². The minimum absolute atomic E-state index is 0.267. The van der Waals surface area contributed by atoms with Crippen molar-refractivity contribution >= 4 is 17.3 Å². The summed E-state index contributed by atoms with van der Waals surface area (Å²) in [5.74, 6) is -0.788. The van der Waals surface area contributed by atoms with Crippen LogP contribution in [0.4, 0.5) is 4.39 Å². The van der Waals surface area contributed by atoms with Crippen LogP contribution in [0.15, 0.2) is 55.2 Å². The summed E-state index contributed by atoms with van der Waals surface area (Å²) in [6.45, 7) is 5.49. The number of imidazole rings is 1. The van der Waals surface area contributed by atoms with Crippen LogP contribution in [0, 0.1) is 12.7 Å². The van der Waals surface area contributed by atoms with E-state index < -0.39 is 5.82 Å². The summed E-state index contributed by atoms with van der Waals surface area (Å²) in [5, 5.41) is 0. The third-order valence-electron chi connectivity index (χ3n) is 3.45. The number of rotatable bonds is 4. The van der Waals surface area contributed by atoms with Gasteiger partial charge in [0.2, 0.25) is 0 Å². The van der Waals surface area contributed by atoms with E-state index in [0.29, 0.717) is 22.6 Å². The Labute approximate surface area is 132 Å². The third-order valence-corrected chi connectivity index (χ3v) is 3.45. The van der Waals surface area contributed by atoms with Gasteiger partial charge in [0.15, 0.2) is 0 Å². The Kier molecular flexibility index (Phi) is 3.80. The Morgan fingerprint density at radius 1 is 1.17 bits per heavy atom. The van der Waals surface area contributed by atoms with E-state index in [-0.39, 0.29) is 11.6 Å². The Morgan fingerprint density at radius 3 is 2.70 bits per heavy atom. The first-order chi connectivity index (χ1) is 11.1. The summed E-state index contributed by atoms with van der Waals surface area (Å²) >= 11 is 0. The molecular weight excluding hydrogens is 295 g/mol. The largest absolute Gasteiger partial charge is 0.298 e. The van der Waals surface area contributed by atoms with Gasteiger partial charge in [0.05, 0.1) is 11.4 Å². The zero-order valence-electron chi connectivity index (χ0n) is 12.5. The second-order valence-corrected chi connectivity index (χ2v) is 5.01. The van der Waals surface area contributed by atoms with E-state index in [1.807, 2.05) is 18.2 Å². The van der Waals surface area contributed by atoms with Crippen molar-refractivity contribution in [2.24, 2.45) is 0 Å². The van der Waals surface area contributed by atoms with E-state index in [1.165, 1.54) is 6.07 Å². The molecule has 0 saturated heterocycles. The van der Waals surface area contributed by atoms with Crippen LogP contribution in [0.25, 0.3) is 11.3 Å². The topological polar surface area (TPSA) is 58.4 Å². The lowest BCUT2D eigenvalue weighted by Gasteiger charge is -2.12. The summed E-state index contributed by atoms with van der Waals surface area (Å²) in [6, 6.07) is 11.7. The number of hydrazine groups is 1. The van der Waals surface area contributed by atoms with Crippen molar-refractivity contribution in [2.75, 3.05) is 0 Å². The van der Waals surface area contributed by atoms with E-state index in [4.69, 9.17) is 0 Å². The number of aryl methyl sites for hydroxylation is 1. The number of carbonyl (C=O) groups is 1. The molecule has 0 bridgehead atoms. The van der Waals surface area contributed by atoms with Crippen molar-refractivity contribution in [3.05, 3.63) is 78.0 Å². The molecule has 0 aliphatic heterocycles. The quantitative estimate of drug-likeness (QED) is 0.728. The van der Waals surface area contributed by atoms with Crippen LogP contribution in [0.3, 0.4) is 0 Å². The molecule has 2 heterocycles. The van der Waals surface area contributed by atoms with Crippen LogP contribution in [0.1, 0.15) is 21.7 Å². The predicted octanol–water partition coefficient (Wildman–Crippen LogP) is 2.69. The van der Waals surface area contributed by atoms with Gasteiger partial charge < -0.3 is 0 Å². The number of hydrogen-bond donors (Lipinski definition) is 2. The van der Waals surface area contributed by atoms with E-state index in [9.17, 15) is 9.18 Å². The molecule has 0 saturated carbocycles. The van der Waals surface area contributed by atoms with Gasteiger partial charge in [-0.15, -0.1) is 0 Å². The number of carbonyl (C=O) groups excluding carboxylic acids is 1. The number of hydrogen-bond acceptors (Lipinski definition) is 3. The number of fused-ring (bicyclic) bond motifs is 1. The van der Waals surface area contributed by atoms with Gasteiger partial charge in [0.25, 0.3) is 5.91 Å². The lowest BCUT2D eigenvalue weighted by Crippen LogP contribution is -2.37. The van der Waals surface area contributed by atoms with Gasteiger partial charge in [-0.25, -0.2) is 9.37 Å². The highest BCUT2D eigenvalue weighted by Crippen LogP contribution is 2.14. The van der Waals surface area contributed by atoms with Crippen LogP contribution in [0.5, 0.6) is 0 Å². The minimum atomic E-state index is -0.412. The van der Waals surface area contributed by atoms with Gasteiger partial charge in [-0.3, -0.25) is 20.0 Å². The zero-order chi connectivity index (χ0) is 16.4. The van der Waals surface area contributed by atoms with Gasteiger partial charge in [-0.05, 0) is 31.2 Å². The first kappa shape index (κ1) is 14.8. The third kappa shape index (κ3) is 2.78. The summed E-state index contributed by atoms with van der Waals surface area (Å²) in [4.78, 5) is 16.7. The lowest BCUT2D eigenvalue weighted by atomic mass is 10.2. The summed E-state index contributed by atoms with van der Waals surface area (Å²) < 4.78 is 15.4. The molecular formula is C17H15FN4O. The van der Waals surface area contributed by atoms with Gasteiger partial charge in [-0.2, -0.15) is 0 Å². The SMILES string of the molecule is C=C(NNC(=O)c1c(C)nc2ccccn12)c1ccccc1F. The first-order valence-electron chi connectivity index (χ1n) is 7.02. The fourth-order valence-corrected chi connectivity index (χ4v) is 2.35. The van der Waals surface area contributed by atoms with Crippen molar-refractivity contribution in [1.82, 2.24) is 20.2 Å². The second kappa shape index (κ2) is 5.92. The molecule has 0 fully saturated rings. The number of halogens is 1. The smallest absolute Gasteiger partial charge is 0.288 e. The van der Waals surface area contributed by atoms with Crippen LogP contribution in [-0.2, 0) is 0 Å². The van der Waals surface area contributed by atoms with Crippen LogP contribution >= 0.6 is 0 Å². The highest BCUT2D eigenvalue weighted by molar-refractivity contribution is 5.94. The zero-order valence-corrected chi connectivity index (χ0v) is 12.5. The lowest BCUT2D eigenvalue weighted by molar-refractivity contribution is 0.0936. The molecule has 0 atom stereocenters. The fraction of sp³-hybridized carbons (Fsp3) is 0.0588. The molecule has 0 aliphatic carbocycles. The normalized spacial score (nSPS) is 10.5. The average molecular weight is 310 g/mol. The van der Waals surface area contributed by atoms with Gasteiger partial charge >= 0.3 is 0 Å². The Bertz CT molecular complexity index is 900. The number of pyridine rings is 1. The fourth-order valence-electron chi connectivity index (χ4n) is 2.35. The van der Waals surface area contributed by atoms with Gasteiger partial charge in [-0.1, -0.05) is 24.8 Å². The number of amides is 1. The average Bonchev–Trinajstić information content (AvgIpc) is 2.88. The number of aromatic nitrogens is 2. The van der Waals surface area contributed by atoms with Crippen molar-refractivity contribution in [2.45, 2.75) is 6.92 Å². The van der Waals surface area contributed by atoms with Crippen molar-refractivity contribution < 1.29 is 9.18 Å². The number of benzene rings is 1. The highest BCUT2D eigenvalue weighted by Gasteiger charge is 2.16. The summed E-state index contributed by atoms with van der Waals surface area (Å²) in [7, 11) is 0. The summed E-state index contributed by atoms with van der Waals surface area (Å²) in [6.07, 6.45) is 1.76. The molecule has 0 unspecified atom stereocenters. The molecule has 23 heavy (non-hydrogen) atoms. The molecule has 1 amide bonds. The highest BCUT2D eigenvalue weighted by atomic mass is 19.1. The molecule has 6 heteroatoms. The van der Waals surface area contributed by atoms with E-state index in [1.54, 1.807) is 35.7 Å². The van der Waals surface area contributed by atoms with E-state index in [0.717, 1.165) is 0 Å². The molecule has 5 nitrogen and oxygen atoms in total. The Morgan fingerprint density at radius 2 is 1.91 bits per heavy atom. The molecule has 2 N–H and O–H groups in total. The molecule has 3 rings (SSSR count). The monoisotopic (exact) mass is 310 g/mol. The van der Waals surface area contributed by atoms with E-state index in [2.05, 4.69) is 22.4 Å². The minimum Gasteiger partial charge on any atom is -0.298 e. The number of nitrogens with zero attached hydrogens (tertiary/aromatic N) is 2. The molecule has 2 aromatic heterocycles. The van der Waals surface area contributed by atoms with Gasteiger partial charge in [0, 0.05) is 11.8 Å². The molecule has 0 radical (unpaired) electrons. The van der Waals surface area contributed by atoms with Crippen LogP contribution in [0.2, 0.25) is 0 Å². The Balaban J connectivity index is 1.78. The maximum Gasteiger partial charge on any atom is 0.288 e. The molecule has 0 spiro atoms. The van der Waals surface area contributed by atoms with E-state index >= 15 is 0 Å². The molecule has 0 aliphatic rings. The standard InChI is InChI=1S/C17H15FN4O/c1-11(13-7-3-4-8-14(13)18)20-21-17(23)16-12(2)19-15-9-5-6-10-22(15)16/h3-10,20H,1H2,2H3,(H,21,23). The van der Waals surface area contributed by atoms with Crippen molar-refractivity contribution in [3.63, 3.8) is 0 Å². The first-order valence-corrected chi connectivity index (χ1v) is 7.02. The maximum absolute atomic E-state index is 13.7. The van der Waals surface area contributed by atoms with Crippen molar-refractivity contribution in [1.29, 1.82) is 0 Å². The predicted molar refractivity (Wildman–Crippen MR) is 86.0 cm³/mol. The van der Waals surface area contributed by atoms with Crippen LogP contribution in [-0.4, -0.2) is 15.3 Å². The molecule has 1 aromatic carbocycles. The summed E-state index contributed by atoms with van der Waals surface area (Å²) in [5.41, 5.74) is 7.43. The Hall–Kier alpha value is -3.15. The molecule has 116 valence electrons. The van der Waals surface area contributed by atoms with Gasteiger partial charge in [0.1, 0.15) is 17.2 Å². The van der Waals surface area contributed by atoms with Crippen molar-refractivity contribution in [3.8, 4) is 0 Å². The molecule has 3 aromatic rings. The second-order valence-electron chi connectivity index (χ2n) is 5.01.